The third-order valence-corrected chi connectivity index (χ3v) is 2.76. The standard InChI is InChI=1S/C18H21NO2/c1-4-19-16(3)18-11-9-17(10-12-18)8-6-5-7-13-21-14-15(2)20/h9-12,16,19H,4,13-14H2,1-3H3/t16-/m1/s1. The average molecular weight is 283 g/mol. The van der Waals surface area contributed by atoms with Crippen molar-refractivity contribution >= 4 is 5.78 Å². The molecule has 0 aliphatic carbocycles. The second-order valence-corrected chi connectivity index (χ2v) is 4.65. The molecule has 0 unspecified atom stereocenters. The largest absolute Gasteiger partial charge is 0.361 e. The van der Waals surface area contributed by atoms with E-state index in [4.69, 9.17) is 4.74 Å². The highest BCUT2D eigenvalue weighted by molar-refractivity contribution is 5.76. The van der Waals surface area contributed by atoms with Gasteiger partial charge in [-0.3, -0.25) is 4.79 Å². The van der Waals surface area contributed by atoms with E-state index in [1.54, 1.807) is 0 Å². The van der Waals surface area contributed by atoms with Crippen molar-refractivity contribution in [3.63, 3.8) is 0 Å². The first-order valence-electron chi connectivity index (χ1n) is 7.03. The molecule has 1 rings (SSSR count). The van der Waals surface area contributed by atoms with Gasteiger partial charge < -0.3 is 10.1 Å². The molecule has 3 heteroatoms. The molecule has 0 aliphatic heterocycles. The fourth-order valence-electron chi connectivity index (χ4n) is 1.71. The van der Waals surface area contributed by atoms with Gasteiger partial charge >= 0.3 is 0 Å². The molecule has 0 radical (unpaired) electrons. The minimum atomic E-state index is -0.00485. The highest BCUT2D eigenvalue weighted by Gasteiger charge is 2.01. The van der Waals surface area contributed by atoms with Crippen molar-refractivity contribution in [1.82, 2.24) is 5.32 Å². The summed E-state index contributed by atoms with van der Waals surface area (Å²) in [5, 5.41) is 3.36. The van der Waals surface area contributed by atoms with Crippen LogP contribution in [0.25, 0.3) is 0 Å². The van der Waals surface area contributed by atoms with E-state index < -0.39 is 0 Å². The Hall–Kier alpha value is -2.07. The van der Waals surface area contributed by atoms with Crippen molar-refractivity contribution in [2.24, 2.45) is 0 Å². The molecule has 1 aromatic carbocycles. The third-order valence-electron chi connectivity index (χ3n) is 2.76. The number of carbonyl (C=O) groups is 1. The van der Waals surface area contributed by atoms with Crippen molar-refractivity contribution in [1.29, 1.82) is 0 Å². The highest BCUT2D eigenvalue weighted by atomic mass is 16.5. The van der Waals surface area contributed by atoms with Gasteiger partial charge in [-0.05, 0) is 49.9 Å². The van der Waals surface area contributed by atoms with Gasteiger partial charge in [0.2, 0.25) is 0 Å². The lowest BCUT2D eigenvalue weighted by Crippen LogP contribution is -2.17. The molecule has 0 saturated carbocycles. The first-order valence-corrected chi connectivity index (χ1v) is 7.03. The summed E-state index contributed by atoms with van der Waals surface area (Å²) in [6.45, 7) is 6.99. The Morgan fingerprint density at radius 3 is 2.62 bits per heavy atom. The Morgan fingerprint density at radius 2 is 2.00 bits per heavy atom. The van der Waals surface area contributed by atoms with Gasteiger partial charge in [-0.15, -0.1) is 0 Å². The van der Waals surface area contributed by atoms with Crippen LogP contribution >= 0.6 is 0 Å². The topological polar surface area (TPSA) is 38.3 Å². The van der Waals surface area contributed by atoms with E-state index in [2.05, 4.69) is 55.0 Å². The zero-order valence-corrected chi connectivity index (χ0v) is 12.8. The number of nitrogens with one attached hydrogen (secondary N) is 1. The monoisotopic (exact) mass is 283 g/mol. The molecule has 3 nitrogen and oxygen atoms in total. The van der Waals surface area contributed by atoms with Crippen molar-refractivity contribution < 1.29 is 9.53 Å². The highest BCUT2D eigenvalue weighted by Crippen LogP contribution is 2.12. The molecule has 1 aromatic rings. The Kier molecular flexibility index (Phi) is 7.90. The molecule has 0 fully saturated rings. The number of ketones is 1. The van der Waals surface area contributed by atoms with Crippen molar-refractivity contribution in [2.45, 2.75) is 26.8 Å². The van der Waals surface area contributed by atoms with Gasteiger partial charge in [-0.1, -0.05) is 30.9 Å². The van der Waals surface area contributed by atoms with Crippen LogP contribution in [-0.4, -0.2) is 25.5 Å². The fraction of sp³-hybridized carbons (Fsp3) is 0.389. The van der Waals surface area contributed by atoms with Gasteiger partial charge in [0, 0.05) is 11.6 Å². The van der Waals surface area contributed by atoms with Gasteiger partial charge in [-0.2, -0.15) is 0 Å². The molecule has 0 saturated heterocycles. The number of rotatable bonds is 6. The predicted molar refractivity (Wildman–Crippen MR) is 84.7 cm³/mol. The molecule has 0 aliphatic rings. The van der Waals surface area contributed by atoms with Gasteiger partial charge in [0.25, 0.3) is 0 Å². The lowest BCUT2D eigenvalue weighted by molar-refractivity contribution is -0.120. The zero-order valence-electron chi connectivity index (χ0n) is 12.8. The van der Waals surface area contributed by atoms with E-state index in [0.29, 0.717) is 6.04 Å². The summed E-state index contributed by atoms with van der Waals surface area (Å²) in [7, 11) is 0. The molecule has 21 heavy (non-hydrogen) atoms. The number of hydrogen-bond donors (Lipinski definition) is 1. The van der Waals surface area contributed by atoms with E-state index >= 15 is 0 Å². The summed E-state index contributed by atoms with van der Waals surface area (Å²) in [4.78, 5) is 10.6. The van der Waals surface area contributed by atoms with E-state index in [1.165, 1.54) is 12.5 Å². The van der Waals surface area contributed by atoms with E-state index in [0.717, 1.165) is 12.1 Å². The zero-order chi connectivity index (χ0) is 15.5. The molecule has 0 bridgehead atoms. The van der Waals surface area contributed by atoms with Crippen LogP contribution < -0.4 is 5.32 Å². The van der Waals surface area contributed by atoms with E-state index in [1.807, 2.05) is 12.1 Å². The maximum absolute atomic E-state index is 10.6. The Morgan fingerprint density at radius 1 is 1.29 bits per heavy atom. The number of hydrogen-bond acceptors (Lipinski definition) is 3. The van der Waals surface area contributed by atoms with Crippen molar-refractivity contribution in [3.8, 4) is 23.7 Å². The van der Waals surface area contributed by atoms with Crippen molar-refractivity contribution in [2.75, 3.05) is 19.8 Å². The quantitative estimate of drug-likeness (QED) is 0.643. The Labute approximate surface area is 127 Å². The number of benzene rings is 1. The normalized spacial score (nSPS) is 10.8. The van der Waals surface area contributed by atoms with Crippen LogP contribution in [0.15, 0.2) is 24.3 Å². The van der Waals surface area contributed by atoms with Gasteiger partial charge in [0.1, 0.15) is 13.2 Å². The van der Waals surface area contributed by atoms with Gasteiger partial charge in [-0.25, -0.2) is 0 Å². The number of ether oxygens (including phenoxy) is 1. The molecule has 1 N–H and O–H groups in total. The molecular formula is C18H21NO2. The van der Waals surface area contributed by atoms with Crippen LogP contribution in [-0.2, 0) is 9.53 Å². The SMILES string of the molecule is CCN[C@H](C)c1ccc(C#CC#CCOCC(C)=O)cc1. The summed E-state index contributed by atoms with van der Waals surface area (Å²) >= 11 is 0. The second kappa shape index (κ2) is 9.77. The molecule has 110 valence electrons. The summed E-state index contributed by atoms with van der Waals surface area (Å²) in [6, 6.07) is 8.46. The third kappa shape index (κ3) is 7.32. The fourth-order valence-corrected chi connectivity index (χ4v) is 1.71. The van der Waals surface area contributed by atoms with E-state index in [9.17, 15) is 4.79 Å². The smallest absolute Gasteiger partial charge is 0.155 e. The second-order valence-electron chi connectivity index (χ2n) is 4.65. The lowest BCUT2D eigenvalue weighted by Gasteiger charge is -2.12. The van der Waals surface area contributed by atoms with Crippen LogP contribution in [0.1, 0.15) is 37.9 Å². The lowest BCUT2D eigenvalue weighted by atomic mass is 10.1. The van der Waals surface area contributed by atoms with Crippen LogP contribution in [0.3, 0.4) is 0 Å². The summed E-state index contributed by atoms with van der Waals surface area (Å²) < 4.78 is 5.01. The molecule has 0 aromatic heterocycles. The van der Waals surface area contributed by atoms with Crippen molar-refractivity contribution in [3.05, 3.63) is 35.4 Å². The molecule has 1 atom stereocenters. The minimum Gasteiger partial charge on any atom is -0.361 e. The average Bonchev–Trinajstić information content (AvgIpc) is 2.47. The first-order chi connectivity index (χ1) is 10.1. The first kappa shape index (κ1) is 17.0. The van der Waals surface area contributed by atoms with Crippen LogP contribution in [0.5, 0.6) is 0 Å². The van der Waals surface area contributed by atoms with E-state index in [-0.39, 0.29) is 19.0 Å². The predicted octanol–water partition coefficient (Wildman–Crippen LogP) is 2.32. The molecule has 0 spiro atoms. The minimum absolute atomic E-state index is 0.00485. The Bertz CT molecular complexity index is 567. The summed E-state index contributed by atoms with van der Waals surface area (Å²) in [6.07, 6.45) is 0. The van der Waals surface area contributed by atoms with Crippen LogP contribution in [0.4, 0.5) is 0 Å². The molecular weight excluding hydrogens is 262 g/mol. The maximum Gasteiger partial charge on any atom is 0.155 e. The maximum atomic E-state index is 10.6. The number of carbonyl (C=O) groups excluding carboxylic acids is 1. The van der Waals surface area contributed by atoms with Gasteiger partial charge in [0.05, 0.1) is 0 Å². The van der Waals surface area contributed by atoms with Crippen LogP contribution in [0, 0.1) is 23.7 Å². The molecule has 0 amide bonds. The summed E-state index contributed by atoms with van der Waals surface area (Å²) in [5.41, 5.74) is 2.17. The molecule has 0 heterocycles. The van der Waals surface area contributed by atoms with Gasteiger partial charge in [0.15, 0.2) is 5.78 Å². The number of Topliss-reactive ketones (excluding diaryl/α,β-unsaturated/α-hetero) is 1. The van der Waals surface area contributed by atoms with Crippen LogP contribution in [0.2, 0.25) is 0 Å². The Balaban J connectivity index is 2.48. The summed E-state index contributed by atoms with van der Waals surface area (Å²) in [5.74, 6) is 11.2.